The van der Waals surface area contributed by atoms with Gasteiger partial charge in [0.25, 0.3) is 5.56 Å². The predicted molar refractivity (Wildman–Crippen MR) is 138 cm³/mol. The normalized spacial score (nSPS) is 11.3. The topological polar surface area (TPSA) is 78.5 Å². The van der Waals surface area contributed by atoms with Crippen molar-refractivity contribution < 1.29 is 9.53 Å². The summed E-state index contributed by atoms with van der Waals surface area (Å²) in [5, 5.41) is 10.1. The summed E-state index contributed by atoms with van der Waals surface area (Å²) in [5.74, 6) is 1.71. The Morgan fingerprint density at radius 3 is 2.54 bits per heavy atom. The molecule has 0 saturated carbocycles. The van der Waals surface area contributed by atoms with E-state index in [2.05, 4.69) is 10.2 Å². The summed E-state index contributed by atoms with van der Waals surface area (Å²) < 4.78 is 9.30. The monoisotopic (exact) mass is 484 g/mol. The molecule has 0 unspecified atom stereocenters. The third-order valence-electron chi connectivity index (χ3n) is 5.81. The minimum absolute atomic E-state index is 0.000310. The molecule has 176 valence electrons. The first-order chi connectivity index (χ1) is 17.0. The number of para-hydroxylation sites is 1. The van der Waals surface area contributed by atoms with Gasteiger partial charge in [0.1, 0.15) is 5.75 Å². The number of nitrogens with zero attached hydrogens (tertiary/aromatic N) is 4. The smallest absolute Gasteiger partial charge is 0.267 e. The van der Waals surface area contributed by atoms with Gasteiger partial charge in [0.2, 0.25) is 5.78 Å². The van der Waals surface area contributed by atoms with Crippen LogP contribution in [0, 0.1) is 6.92 Å². The number of hydrogen-bond acceptors (Lipinski definition) is 6. The van der Waals surface area contributed by atoms with Crippen molar-refractivity contribution in [1.29, 1.82) is 0 Å². The highest BCUT2D eigenvalue weighted by Crippen LogP contribution is 2.30. The molecule has 3 aromatic carbocycles. The van der Waals surface area contributed by atoms with Gasteiger partial charge in [-0.25, -0.2) is 4.57 Å². The lowest BCUT2D eigenvalue weighted by Crippen LogP contribution is -2.21. The third kappa shape index (κ3) is 4.21. The number of benzene rings is 3. The maximum absolute atomic E-state index is 13.5. The summed E-state index contributed by atoms with van der Waals surface area (Å²) in [6.07, 6.45) is 0. The molecule has 0 aliphatic heterocycles. The number of hydrogen-bond donors (Lipinski definition) is 0. The van der Waals surface area contributed by atoms with Crippen LogP contribution in [-0.4, -0.2) is 31.6 Å². The summed E-state index contributed by atoms with van der Waals surface area (Å²) in [7, 11) is 0. The van der Waals surface area contributed by atoms with E-state index in [4.69, 9.17) is 4.74 Å². The molecule has 0 fully saturated rings. The Morgan fingerprint density at radius 1 is 1.03 bits per heavy atom. The molecule has 0 N–H and O–H groups in total. The molecular weight excluding hydrogens is 460 g/mol. The van der Waals surface area contributed by atoms with Crippen molar-refractivity contribution in [3.8, 4) is 11.4 Å². The lowest BCUT2D eigenvalue weighted by Gasteiger charge is -2.13. The number of thioether (sulfide) groups is 1. The molecule has 35 heavy (non-hydrogen) atoms. The van der Waals surface area contributed by atoms with E-state index < -0.39 is 0 Å². The van der Waals surface area contributed by atoms with Crippen LogP contribution >= 0.6 is 11.8 Å². The van der Waals surface area contributed by atoms with Crippen LogP contribution in [0.1, 0.15) is 35.3 Å². The zero-order valence-corrected chi connectivity index (χ0v) is 20.5. The minimum Gasteiger partial charge on any atom is -0.494 e. The maximum Gasteiger partial charge on any atom is 0.267 e. The second-order valence-corrected chi connectivity index (χ2v) is 9.15. The molecule has 7 nitrogen and oxygen atoms in total. The van der Waals surface area contributed by atoms with Gasteiger partial charge < -0.3 is 4.74 Å². The van der Waals surface area contributed by atoms with Crippen LogP contribution in [0.4, 0.5) is 0 Å². The molecule has 0 aliphatic carbocycles. The fourth-order valence-electron chi connectivity index (χ4n) is 4.05. The van der Waals surface area contributed by atoms with E-state index in [1.165, 1.54) is 11.8 Å². The van der Waals surface area contributed by atoms with Gasteiger partial charge in [0.15, 0.2) is 10.9 Å². The lowest BCUT2D eigenvalue weighted by molar-refractivity contribution is 0.101. The number of fused-ring (bicyclic) bond motifs is 3. The average Bonchev–Trinajstić information content (AvgIpc) is 3.28. The molecule has 5 rings (SSSR count). The molecule has 0 saturated heterocycles. The Kier molecular flexibility index (Phi) is 6.13. The molecule has 8 heteroatoms. The number of carbonyl (C=O) groups excluding carboxylic acids is 1. The number of rotatable bonds is 7. The standard InChI is InChI=1S/C27H24N4O3S/c1-4-34-24-14-11-19(18(3)32)15-20(24)16-35-27-29-28-26-30(21-12-9-17(2)10-13-21)25(33)22-7-5-6-8-23(22)31(26)27/h5-15H,4,16H2,1-3H3. The predicted octanol–water partition coefficient (Wildman–Crippen LogP) is 5.24. The van der Waals surface area contributed by atoms with Gasteiger partial charge in [0.05, 0.1) is 23.2 Å². The van der Waals surface area contributed by atoms with Crippen LogP contribution in [0.5, 0.6) is 5.75 Å². The van der Waals surface area contributed by atoms with E-state index in [0.717, 1.165) is 28.1 Å². The number of Topliss-reactive ketones (excluding diaryl/α,β-unsaturated/α-hetero) is 1. The Morgan fingerprint density at radius 2 is 1.80 bits per heavy atom. The van der Waals surface area contributed by atoms with Crippen LogP contribution < -0.4 is 10.3 Å². The van der Waals surface area contributed by atoms with Gasteiger partial charge in [-0.3, -0.25) is 14.0 Å². The van der Waals surface area contributed by atoms with Crippen LogP contribution in [0.15, 0.2) is 76.7 Å². The van der Waals surface area contributed by atoms with Crippen molar-refractivity contribution in [2.24, 2.45) is 0 Å². The number of aryl methyl sites for hydroxylation is 1. The summed E-state index contributed by atoms with van der Waals surface area (Å²) in [5.41, 5.74) is 3.97. The van der Waals surface area contributed by atoms with Gasteiger partial charge in [-0.05, 0) is 63.2 Å². The van der Waals surface area contributed by atoms with Crippen LogP contribution in [0.3, 0.4) is 0 Å². The third-order valence-corrected chi connectivity index (χ3v) is 6.79. The zero-order chi connectivity index (χ0) is 24.5. The van der Waals surface area contributed by atoms with Gasteiger partial charge in [-0.1, -0.05) is 41.6 Å². The number of ketones is 1. The van der Waals surface area contributed by atoms with E-state index in [1.807, 2.05) is 78.9 Å². The second kappa shape index (κ2) is 9.38. The Hall–Kier alpha value is -3.91. The molecule has 0 aliphatic rings. The van der Waals surface area contributed by atoms with Crippen molar-refractivity contribution in [2.45, 2.75) is 31.7 Å². The Bertz CT molecular complexity index is 1620. The zero-order valence-electron chi connectivity index (χ0n) is 19.7. The molecule has 0 radical (unpaired) electrons. The highest BCUT2D eigenvalue weighted by atomic mass is 32.2. The van der Waals surface area contributed by atoms with Crippen molar-refractivity contribution in [3.05, 3.63) is 93.8 Å². The summed E-state index contributed by atoms with van der Waals surface area (Å²) >= 11 is 1.48. The summed E-state index contributed by atoms with van der Waals surface area (Å²) in [6, 6.07) is 20.7. The van der Waals surface area contributed by atoms with Gasteiger partial charge in [-0.15, -0.1) is 10.2 Å². The highest BCUT2D eigenvalue weighted by Gasteiger charge is 2.18. The first-order valence-corrected chi connectivity index (χ1v) is 12.3. The number of carbonyl (C=O) groups is 1. The lowest BCUT2D eigenvalue weighted by atomic mass is 10.1. The maximum atomic E-state index is 13.5. The van der Waals surface area contributed by atoms with Crippen molar-refractivity contribution >= 4 is 34.2 Å². The Labute approximate surface area is 206 Å². The summed E-state index contributed by atoms with van der Waals surface area (Å²) in [6.45, 7) is 6.01. The first kappa shape index (κ1) is 22.9. The quantitative estimate of drug-likeness (QED) is 0.232. The number of aromatic nitrogens is 4. The van der Waals surface area contributed by atoms with Crippen molar-refractivity contribution in [2.75, 3.05) is 6.61 Å². The van der Waals surface area contributed by atoms with Gasteiger partial charge >= 0.3 is 0 Å². The van der Waals surface area contributed by atoms with Crippen molar-refractivity contribution in [1.82, 2.24) is 19.2 Å². The van der Waals surface area contributed by atoms with E-state index in [9.17, 15) is 9.59 Å². The van der Waals surface area contributed by atoms with E-state index in [1.54, 1.807) is 17.6 Å². The Balaban J connectivity index is 1.64. The van der Waals surface area contributed by atoms with Crippen LogP contribution in [0.25, 0.3) is 22.4 Å². The molecule has 0 amide bonds. The van der Waals surface area contributed by atoms with Gasteiger partial charge in [0, 0.05) is 16.9 Å². The first-order valence-electron chi connectivity index (χ1n) is 11.3. The van der Waals surface area contributed by atoms with E-state index in [0.29, 0.717) is 34.2 Å². The molecular formula is C27H24N4O3S. The summed E-state index contributed by atoms with van der Waals surface area (Å²) in [4.78, 5) is 25.4. The van der Waals surface area contributed by atoms with Gasteiger partial charge in [-0.2, -0.15) is 0 Å². The SMILES string of the molecule is CCOc1ccc(C(C)=O)cc1CSc1nnc2n(-c3ccc(C)cc3)c(=O)c3ccccc3n12. The minimum atomic E-state index is -0.145. The van der Waals surface area contributed by atoms with E-state index >= 15 is 0 Å². The molecule has 0 atom stereocenters. The van der Waals surface area contributed by atoms with Crippen LogP contribution in [0.2, 0.25) is 0 Å². The molecule has 0 spiro atoms. The fraction of sp³-hybridized carbons (Fsp3) is 0.185. The fourth-order valence-corrected chi connectivity index (χ4v) is 4.97. The van der Waals surface area contributed by atoms with Crippen LogP contribution in [-0.2, 0) is 5.75 Å². The second-order valence-electron chi connectivity index (χ2n) is 8.21. The molecule has 5 aromatic rings. The largest absolute Gasteiger partial charge is 0.494 e. The average molecular weight is 485 g/mol. The van der Waals surface area contributed by atoms with Crippen molar-refractivity contribution in [3.63, 3.8) is 0 Å². The number of ether oxygens (including phenoxy) is 1. The molecule has 2 aromatic heterocycles. The highest BCUT2D eigenvalue weighted by molar-refractivity contribution is 7.98. The molecule has 2 heterocycles. The van der Waals surface area contributed by atoms with E-state index in [-0.39, 0.29) is 11.3 Å². The molecule has 0 bridgehead atoms.